The summed E-state index contributed by atoms with van der Waals surface area (Å²) >= 11 is 0. The Balaban J connectivity index is 1.94. The van der Waals surface area contributed by atoms with Gasteiger partial charge in [0.15, 0.2) is 0 Å². The first kappa shape index (κ1) is 13.2. The van der Waals surface area contributed by atoms with Gasteiger partial charge in [-0.15, -0.1) is 0 Å². The molecule has 1 fully saturated rings. The third kappa shape index (κ3) is 3.17. The van der Waals surface area contributed by atoms with Crippen LogP contribution in [0.5, 0.6) is 0 Å². The second kappa shape index (κ2) is 6.66. The molecule has 2 N–H and O–H groups in total. The maximum atomic E-state index is 9.29. The lowest BCUT2D eigenvalue weighted by atomic mass is 10.2. The molecule has 1 aliphatic heterocycles. The molecule has 1 saturated heterocycles. The average molecular weight is 250 g/mol. The fraction of sp³-hybridized carbons (Fsp3) is 0.692. The fourth-order valence-corrected chi connectivity index (χ4v) is 2.29. The number of aliphatic hydroxyl groups excluding tert-OH is 1. The van der Waals surface area contributed by atoms with Crippen LogP contribution in [-0.4, -0.2) is 40.8 Å². The minimum atomic E-state index is 0.184. The van der Waals surface area contributed by atoms with Gasteiger partial charge in [0.2, 0.25) is 5.95 Å². The zero-order valence-corrected chi connectivity index (χ0v) is 11.0. The standard InChI is InChI=1S/C13H22N4O/c1-2-5-14-7-11-8-15-13(16-9-11)17-6-3-4-12(17)10-18/h8-9,12,14,18H,2-7,10H2,1H3. The van der Waals surface area contributed by atoms with Crippen molar-refractivity contribution in [3.8, 4) is 0 Å². The third-order valence-corrected chi connectivity index (χ3v) is 3.29. The SMILES string of the molecule is CCCNCc1cnc(N2CCCC2CO)nc1. The van der Waals surface area contributed by atoms with Crippen molar-refractivity contribution in [3.63, 3.8) is 0 Å². The van der Waals surface area contributed by atoms with Gasteiger partial charge in [-0.2, -0.15) is 0 Å². The van der Waals surface area contributed by atoms with E-state index in [1.807, 2.05) is 12.4 Å². The van der Waals surface area contributed by atoms with E-state index in [0.29, 0.717) is 0 Å². The van der Waals surface area contributed by atoms with E-state index in [4.69, 9.17) is 0 Å². The summed E-state index contributed by atoms with van der Waals surface area (Å²) in [5.74, 6) is 0.741. The Morgan fingerprint density at radius 1 is 1.44 bits per heavy atom. The molecule has 0 amide bonds. The molecule has 5 nitrogen and oxygen atoms in total. The van der Waals surface area contributed by atoms with Crippen molar-refractivity contribution < 1.29 is 5.11 Å². The maximum Gasteiger partial charge on any atom is 0.225 e. The predicted molar refractivity (Wildman–Crippen MR) is 71.5 cm³/mol. The normalized spacial score (nSPS) is 19.4. The van der Waals surface area contributed by atoms with Crippen LogP contribution < -0.4 is 10.2 Å². The second-order valence-electron chi connectivity index (χ2n) is 4.74. The fourth-order valence-electron chi connectivity index (χ4n) is 2.29. The molecule has 0 bridgehead atoms. The van der Waals surface area contributed by atoms with E-state index in [1.165, 1.54) is 0 Å². The smallest absolute Gasteiger partial charge is 0.225 e. The van der Waals surface area contributed by atoms with E-state index in [2.05, 4.69) is 27.1 Å². The number of hydrogen-bond donors (Lipinski definition) is 2. The molecule has 1 aliphatic rings. The van der Waals surface area contributed by atoms with Crippen LogP contribution in [0.25, 0.3) is 0 Å². The number of nitrogens with one attached hydrogen (secondary N) is 1. The first-order valence-corrected chi connectivity index (χ1v) is 6.74. The highest BCUT2D eigenvalue weighted by atomic mass is 16.3. The van der Waals surface area contributed by atoms with Gasteiger partial charge in [-0.1, -0.05) is 6.92 Å². The molecule has 0 spiro atoms. The molecule has 1 unspecified atom stereocenters. The van der Waals surface area contributed by atoms with Crippen LogP contribution >= 0.6 is 0 Å². The summed E-state index contributed by atoms with van der Waals surface area (Å²) in [5.41, 5.74) is 1.10. The lowest BCUT2D eigenvalue weighted by molar-refractivity contribution is 0.265. The highest BCUT2D eigenvalue weighted by Crippen LogP contribution is 2.21. The molecule has 0 radical (unpaired) electrons. The van der Waals surface area contributed by atoms with Crippen LogP contribution in [-0.2, 0) is 6.54 Å². The van der Waals surface area contributed by atoms with Crippen LogP contribution in [0.3, 0.4) is 0 Å². The Hall–Kier alpha value is -1.20. The zero-order chi connectivity index (χ0) is 12.8. The molecule has 2 heterocycles. The Kier molecular flexibility index (Phi) is 4.90. The molecular weight excluding hydrogens is 228 g/mol. The Labute approximate surface area is 108 Å². The van der Waals surface area contributed by atoms with Gasteiger partial charge >= 0.3 is 0 Å². The highest BCUT2D eigenvalue weighted by Gasteiger charge is 2.25. The summed E-state index contributed by atoms with van der Waals surface area (Å²) in [7, 11) is 0. The monoisotopic (exact) mass is 250 g/mol. The van der Waals surface area contributed by atoms with Gasteiger partial charge in [0.1, 0.15) is 0 Å². The van der Waals surface area contributed by atoms with E-state index in [-0.39, 0.29) is 12.6 Å². The molecule has 2 rings (SSSR count). The van der Waals surface area contributed by atoms with E-state index in [1.54, 1.807) is 0 Å². The summed E-state index contributed by atoms with van der Waals surface area (Å²) < 4.78 is 0. The van der Waals surface area contributed by atoms with Crippen molar-refractivity contribution >= 4 is 5.95 Å². The summed E-state index contributed by atoms with van der Waals surface area (Å²) in [4.78, 5) is 10.9. The Morgan fingerprint density at radius 2 is 2.22 bits per heavy atom. The number of aliphatic hydroxyl groups is 1. The number of hydrogen-bond acceptors (Lipinski definition) is 5. The van der Waals surface area contributed by atoms with Gasteiger partial charge in [-0.05, 0) is 25.8 Å². The van der Waals surface area contributed by atoms with Gasteiger partial charge in [0, 0.05) is 31.0 Å². The lowest BCUT2D eigenvalue weighted by Crippen LogP contribution is -2.33. The average Bonchev–Trinajstić information content (AvgIpc) is 2.88. The van der Waals surface area contributed by atoms with Crippen LogP contribution in [0, 0.1) is 0 Å². The van der Waals surface area contributed by atoms with Crippen molar-refractivity contribution in [2.45, 2.75) is 38.8 Å². The van der Waals surface area contributed by atoms with E-state index in [9.17, 15) is 5.11 Å². The van der Waals surface area contributed by atoms with Crippen molar-refractivity contribution in [2.75, 3.05) is 24.6 Å². The Morgan fingerprint density at radius 3 is 2.89 bits per heavy atom. The van der Waals surface area contributed by atoms with Crippen LogP contribution in [0.1, 0.15) is 31.7 Å². The molecule has 1 aromatic heterocycles. The van der Waals surface area contributed by atoms with Crippen LogP contribution in [0.4, 0.5) is 5.95 Å². The summed E-state index contributed by atoms with van der Waals surface area (Å²) in [6, 6.07) is 0.189. The lowest BCUT2D eigenvalue weighted by Gasteiger charge is -2.22. The topological polar surface area (TPSA) is 61.3 Å². The Bertz CT molecular complexity index is 355. The van der Waals surface area contributed by atoms with Crippen molar-refractivity contribution in [3.05, 3.63) is 18.0 Å². The molecule has 100 valence electrons. The van der Waals surface area contributed by atoms with Crippen LogP contribution in [0.15, 0.2) is 12.4 Å². The predicted octanol–water partition coefficient (Wildman–Crippen LogP) is 0.937. The van der Waals surface area contributed by atoms with E-state index >= 15 is 0 Å². The number of nitrogens with zero attached hydrogens (tertiary/aromatic N) is 3. The van der Waals surface area contributed by atoms with Crippen molar-refractivity contribution in [1.29, 1.82) is 0 Å². The molecule has 1 atom stereocenters. The second-order valence-corrected chi connectivity index (χ2v) is 4.74. The maximum absolute atomic E-state index is 9.29. The number of rotatable bonds is 6. The highest BCUT2D eigenvalue weighted by molar-refractivity contribution is 5.33. The number of aromatic nitrogens is 2. The molecule has 5 heteroatoms. The molecular formula is C13H22N4O. The summed E-state index contributed by atoms with van der Waals surface area (Å²) in [5, 5.41) is 12.6. The van der Waals surface area contributed by atoms with Gasteiger partial charge < -0.3 is 15.3 Å². The van der Waals surface area contributed by atoms with Gasteiger partial charge in [0.25, 0.3) is 0 Å². The van der Waals surface area contributed by atoms with Gasteiger partial charge in [0.05, 0.1) is 12.6 Å². The van der Waals surface area contributed by atoms with Crippen LogP contribution in [0.2, 0.25) is 0 Å². The van der Waals surface area contributed by atoms with Gasteiger partial charge in [-0.25, -0.2) is 9.97 Å². The molecule has 0 aromatic carbocycles. The minimum absolute atomic E-state index is 0.184. The molecule has 0 aliphatic carbocycles. The first-order valence-electron chi connectivity index (χ1n) is 6.74. The summed E-state index contributed by atoms with van der Waals surface area (Å²) in [6.07, 6.45) is 7.01. The molecule has 1 aromatic rings. The van der Waals surface area contributed by atoms with Crippen molar-refractivity contribution in [1.82, 2.24) is 15.3 Å². The molecule has 0 saturated carbocycles. The third-order valence-electron chi connectivity index (χ3n) is 3.29. The van der Waals surface area contributed by atoms with E-state index in [0.717, 1.165) is 50.4 Å². The minimum Gasteiger partial charge on any atom is -0.394 e. The molecule has 18 heavy (non-hydrogen) atoms. The van der Waals surface area contributed by atoms with Gasteiger partial charge in [-0.3, -0.25) is 0 Å². The van der Waals surface area contributed by atoms with Crippen molar-refractivity contribution in [2.24, 2.45) is 0 Å². The van der Waals surface area contributed by atoms with E-state index < -0.39 is 0 Å². The first-order chi connectivity index (χ1) is 8.85. The largest absolute Gasteiger partial charge is 0.394 e. The number of anilines is 1. The zero-order valence-electron chi connectivity index (χ0n) is 11.0. The quantitative estimate of drug-likeness (QED) is 0.736. The summed E-state index contributed by atoms with van der Waals surface area (Å²) in [6.45, 7) is 5.11.